The molecule has 0 radical (unpaired) electrons. The van der Waals surface area contributed by atoms with Gasteiger partial charge in [0.2, 0.25) is 0 Å². The molecule has 0 bridgehead atoms. The van der Waals surface area contributed by atoms with E-state index >= 15 is 0 Å². The van der Waals surface area contributed by atoms with Crippen LogP contribution in [0.25, 0.3) is 0 Å². The molecule has 3 rings (SSSR count). The first kappa shape index (κ1) is 18.1. The summed E-state index contributed by atoms with van der Waals surface area (Å²) in [7, 11) is 0. The number of ether oxygens (including phenoxy) is 1. The molecule has 3 atom stereocenters. The van der Waals surface area contributed by atoms with Crippen LogP contribution in [0.2, 0.25) is 0 Å². The van der Waals surface area contributed by atoms with Gasteiger partial charge in [-0.25, -0.2) is 0 Å². The number of nitrogens with zero attached hydrogens (tertiary/aromatic N) is 1. The number of nitrogens with two attached hydrogens (primary N) is 1. The van der Waals surface area contributed by atoms with Gasteiger partial charge < -0.3 is 10.5 Å². The van der Waals surface area contributed by atoms with E-state index in [1.807, 2.05) is 6.07 Å². The van der Waals surface area contributed by atoms with Crippen LogP contribution in [0.1, 0.15) is 37.4 Å². The maximum Gasteiger partial charge on any atom is 0.0717 e. The predicted molar refractivity (Wildman–Crippen MR) is 103 cm³/mol. The van der Waals surface area contributed by atoms with Crippen LogP contribution in [0.4, 0.5) is 0 Å². The predicted octanol–water partition coefficient (Wildman–Crippen LogP) is 4.00. The molecule has 3 heteroatoms. The highest BCUT2D eigenvalue weighted by atomic mass is 16.5. The average Bonchev–Trinajstić information content (AvgIpc) is 2.60. The summed E-state index contributed by atoms with van der Waals surface area (Å²) in [6, 6.07) is 22.0. The number of hydrogen-bond acceptors (Lipinski definition) is 3. The van der Waals surface area contributed by atoms with Crippen molar-refractivity contribution in [2.75, 3.05) is 13.2 Å². The Bertz CT molecular complexity index is 629. The molecule has 2 aromatic rings. The lowest BCUT2D eigenvalue weighted by Crippen LogP contribution is -2.62. The van der Waals surface area contributed by atoms with E-state index in [-0.39, 0.29) is 6.04 Å². The first-order valence-corrected chi connectivity index (χ1v) is 9.33. The van der Waals surface area contributed by atoms with Gasteiger partial charge in [-0.3, -0.25) is 4.90 Å². The highest BCUT2D eigenvalue weighted by Crippen LogP contribution is 2.36. The monoisotopic (exact) mass is 338 g/mol. The smallest absolute Gasteiger partial charge is 0.0717 e. The van der Waals surface area contributed by atoms with Gasteiger partial charge in [-0.05, 0) is 23.5 Å². The minimum Gasteiger partial charge on any atom is -0.375 e. The molecular weight excluding hydrogens is 308 g/mol. The van der Waals surface area contributed by atoms with Gasteiger partial charge in [-0.1, -0.05) is 74.5 Å². The van der Waals surface area contributed by atoms with Gasteiger partial charge in [0.05, 0.1) is 19.3 Å². The highest BCUT2D eigenvalue weighted by molar-refractivity contribution is 5.24. The molecule has 1 heterocycles. The third-order valence-corrected chi connectivity index (χ3v) is 4.96. The van der Waals surface area contributed by atoms with Crippen LogP contribution in [0.3, 0.4) is 0 Å². The summed E-state index contributed by atoms with van der Waals surface area (Å²) >= 11 is 0. The van der Waals surface area contributed by atoms with Crippen molar-refractivity contribution in [1.29, 1.82) is 0 Å². The van der Waals surface area contributed by atoms with Crippen molar-refractivity contribution in [3.63, 3.8) is 0 Å². The maximum absolute atomic E-state index is 6.35. The Morgan fingerprint density at radius 2 is 1.68 bits per heavy atom. The molecule has 3 nitrogen and oxygen atoms in total. The van der Waals surface area contributed by atoms with Gasteiger partial charge in [0, 0.05) is 18.6 Å². The molecule has 0 spiro atoms. The summed E-state index contributed by atoms with van der Waals surface area (Å²) in [4.78, 5) is 2.53. The molecular formula is C22H30N2O. The first-order valence-electron chi connectivity index (χ1n) is 9.33. The fourth-order valence-corrected chi connectivity index (χ4v) is 3.76. The van der Waals surface area contributed by atoms with E-state index in [2.05, 4.69) is 73.3 Å². The molecule has 2 N–H and O–H groups in total. The molecule has 134 valence electrons. The van der Waals surface area contributed by atoms with E-state index in [0.29, 0.717) is 24.6 Å². The summed E-state index contributed by atoms with van der Waals surface area (Å²) in [5, 5.41) is 0. The van der Waals surface area contributed by atoms with Crippen LogP contribution in [-0.4, -0.2) is 30.1 Å². The first-order chi connectivity index (χ1) is 12.1. The second kappa shape index (κ2) is 8.61. The third-order valence-electron chi connectivity index (χ3n) is 4.96. The Labute approximate surface area is 151 Å². The lowest BCUT2D eigenvalue weighted by molar-refractivity contribution is -0.0361. The largest absolute Gasteiger partial charge is 0.375 e. The summed E-state index contributed by atoms with van der Waals surface area (Å²) in [6.45, 7) is 6.93. The normalized spacial score (nSPS) is 21.9. The topological polar surface area (TPSA) is 38.5 Å². The number of rotatable bonds is 8. The minimum atomic E-state index is 0.214. The molecule has 0 aliphatic carbocycles. The van der Waals surface area contributed by atoms with Gasteiger partial charge in [-0.2, -0.15) is 0 Å². The summed E-state index contributed by atoms with van der Waals surface area (Å²) in [6.07, 6.45) is 1.13. The molecule has 2 aromatic carbocycles. The van der Waals surface area contributed by atoms with Gasteiger partial charge >= 0.3 is 0 Å². The van der Waals surface area contributed by atoms with E-state index < -0.39 is 0 Å². The van der Waals surface area contributed by atoms with Crippen molar-refractivity contribution in [2.24, 2.45) is 11.7 Å². The second-order valence-electron chi connectivity index (χ2n) is 7.50. The number of hydrogen-bond donors (Lipinski definition) is 1. The minimum absolute atomic E-state index is 0.214. The van der Waals surface area contributed by atoms with Crippen LogP contribution < -0.4 is 5.73 Å². The van der Waals surface area contributed by atoms with E-state index in [0.717, 1.165) is 19.6 Å². The third kappa shape index (κ3) is 4.69. The molecule has 0 aromatic heterocycles. The molecule has 1 aliphatic heterocycles. The fraction of sp³-hybridized carbons (Fsp3) is 0.455. The van der Waals surface area contributed by atoms with Crippen LogP contribution in [-0.2, 0) is 11.3 Å². The Morgan fingerprint density at radius 1 is 1.04 bits per heavy atom. The Morgan fingerprint density at radius 3 is 2.28 bits per heavy atom. The zero-order valence-electron chi connectivity index (χ0n) is 15.3. The fourth-order valence-electron chi connectivity index (χ4n) is 3.76. The standard InChI is InChI=1S/C22H30N2O/c1-17(2)13-20(16-25-15-18-9-5-3-6-10-18)24-14-21(23)22(24)19-11-7-4-8-12-19/h3-12,17,20-22H,13-16,23H2,1-2H3/t20-,21-,22-/m0/s1. The molecule has 0 saturated carbocycles. The average molecular weight is 338 g/mol. The molecule has 0 unspecified atom stereocenters. The van der Waals surface area contributed by atoms with Gasteiger partial charge in [-0.15, -0.1) is 0 Å². The molecule has 25 heavy (non-hydrogen) atoms. The molecule has 1 aliphatic rings. The van der Waals surface area contributed by atoms with Crippen molar-refractivity contribution >= 4 is 0 Å². The zero-order valence-corrected chi connectivity index (χ0v) is 15.3. The molecule has 1 saturated heterocycles. The maximum atomic E-state index is 6.35. The quantitative estimate of drug-likeness (QED) is 0.790. The van der Waals surface area contributed by atoms with Crippen LogP contribution in [0.5, 0.6) is 0 Å². The van der Waals surface area contributed by atoms with Crippen molar-refractivity contribution in [3.05, 3.63) is 71.8 Å². The highest BCUT2D eigenvalue weighted by Gasteiger charge is 2.41. The summed E-state index contributed by atoms with van der Waals surface area (Å²) < 4.78 is 6.08. The van der Waals surface area contributed by atoms with Gasteiger partial charge in [0.15, 0.2) is 0 Å². The van der Waals surface area contributed by atoms with Crippen molar-refractivity contribution < 1.29 is 4.74 Å². The Hall–Kier alpha value is -1.68. The van der Waals surface area contributed by atoms with Crippen molar-refractivity contribution in [3.8, 4) is 0 Å². The van der Waals surface area contributed by atoms with Gasteiger partial charge in [0.25, 0.3) is 0 Å². The van der Waals surface area contributed by atoms with E-state index in [1.54, 1.807) is 0 Å². The number of benzene rings is 2. The van der Waals surface area contributed by atoms with Crippen LogP contribution >= 0.6 is 0 Å². The van der Waals surface area contributed by atoms with Crippen LogP contribution in [0.15, 0.2) is 60.7 Å². The van der Waals surface area contributed by atoms with E-state index in [9.17, 15) is 0 Å². The zero-order chi connectivity index (χ0) is 17.6. The lowest BCUT2D eigenvalue weighted by Gasteiger charge is -2.51. The van der Waals surface area contributed by atoms with Crippen molar-refractivity contribution in [1.82, 2.24) is 4.90 Å². The van der Waals surface area contributed by atoms with E-state index in [4.69, 9.17) is 10.5 Å². The molecule has 1 fully saturated rings. The Kier molecular flexibility index (Phi) is 6.24. The second-order valence-corrected chi connectivity index (χ2v) is 7.50. The van der Waals surface area contributed by atoms with Crippen LogP contribution in [0, 0.1) is 5.92 Å². The van der Waals surface area contributed by atoms with Gasteiger partial charge in [0.1, 0.15) is 0 Å². The van der Waals surface area contributed by atoms with Crippen molar-refractivity contribution in [2.45, 2.75) is 45.0 Å². The Balaban J connectivity index is 1.63. The number of likely N-dealkylation sites (tertiary alicyclic amines) is 1. The summed E-state index contributed by atoms with van der Waals surface area (Å²) in [5.74, 6) is 0.638. The SMILES string of the molecule is CC(C)C[C@@H](COCc1ccccc1)N1C[C@H](N)[C@@H]1c1ccccc1. The summed E-state index contributed by atoms with van der Waals surface area (Å²) in [5.41, 5.74) is 8.90. The van der Waals surface area contributed by atoms with E-state index in [1.165, 1.54) is 11.1 Å². The lowest BCUT2D eigenvalue weighted by atomic mass is 9.86. The molecule has 0 amide bonds.